The fourth-order valence-corrected chi connectivity index (χ4v) is 6.50. The molecule has 1 aliphatic heterocycles. The Bertz CT molecular complexity index is 2240. The number of pyridine rings is 1. The van der Waals surface area contributed by atoms with E-state index in [1.807, 2.05) is 36.5 Å². The van der Waals surface area contributed by atoms with E-state index in [9.17, 15) is 0 Å². The minimum atomic E-state index is -0.188. The van der Waals surface area contributed by atoms with E-state index in [0.717, 1.165) is 61.2 Å². The summed E-state index contributed by atoms with van der Waals surface area (Å²) >= 11 is 0. The highest BCUT2D eigenvalue weighted by molar-refractivity contribution is 6.11. The summed E-state index contributed by atoms with van der Waals surface area (Å²) < 4.78 is 8.60. The molecule has 3 heterocycles. The van der Waals surface area contributed by atoms with E-state index in [0.29, 0.717) is 5.69 Å². The van der Waals surface area contributed by atoms with Gasteiger partial charge in [0.2, 0.25) is 0 Å². The highest BCUT2D eigenvalue weighted by Crippen LogP contribution is 2.49. The van der Waals surface area contributed by atoms with E-state index in [1.54, 1.807) is 6.20 Å². The van der Waals surface area contributed by atoms with Crippen LogP contribution in [0.15, 0.2) is 128 Å². The van der Waals surface area contributed by atoms with Crippen molar-refractivity contribution in [1.82, 2.24) is 9.55 Å². The number of para-hydroxylation sites is 1. The van der Waals surface area contributed by atoms with Crippen molar-refractivity contribution in [3.63, 3.8) is 0 Å². The molecule has 0 atom stereocenters. The van der Waals surface area contributed by atoms with Gasteiger partial charge in [0.25, 0.3) is 0 Å². The van der Waals surface area contributed by atoms with Crippen LogP contribution in [0.2, 0.25) is 0 Å². The molecule has 0 bridgehead atoms. The molecule has 0 saturated carbocycles. The van der Waals surface area contributed by atoms with Crippen LogP contribution in [-0.4, -0.2) is 9.55 Å². The monoisotopic (exact) mass is 553 g/mol. The number of ether oxygens (including phenoxy) is 1. The van der Waals surface area contributed by atoms with E-state index in [-0.39, 0.29) is 5.41 Å². The predicted octanol–water partition coefficient (Wildman–Crippen LogP) is 10.5. The highest BCUT2D eigenvalue weighted by atomic mass is 16.5. The molecule has 0 fully saturated rings. The number of rotatable bonds is 3. The van der Waals surface area contributed by atoms with Crippen LogP contribution in [0.25, 0.3) is 54.6 Å². The van der Waals surface area contributed by atoms with Crippen molar-refractivity contribution >= 4 is 27.5 Å². The Balaban J connectivity index is 1.28. The molecule has 1 aliphatic rings. The average Bonchev–Trinajstić information content (AvgIpc) is 3.38. The second-order valence-electron chi connectivity index (χ2n) is 11.6. The second kappa shape index (κ2) is 9.44. The minimum Gasteiger partial charge on any atom is -0.457 e. The van der Waals surface area contributed by atoms with Gasteiger partial charge in [-0.25, -0.2) is 4.85 Å². The first-order valence-corrected chi connectivity index (χ1v) is 14.4. The number of benzene rings is 5. The Kier molecular flexibility index (Phi) is 5.51. The summed E-state index contributed by atoms with van der Waals surface area (Å²) in [5, 5.41) is 2.19. The molecule has 0 unspecified atom stereocenters. The molecule has 4 heteroatoms. The molecular weight excluding hydrogens is 526 g/mol. The van der Waals surface area contributed by atoms with E-state index >= 15 is 0 Å². The summed E-state index contributed by atoms with van der Waals surface area (Å²) in [5.41, 5.74) is 10.5. The first kappa shape index (κ1) is 25.1. The van der Waals surface area contributed by atoms with Crippen molar-refractivity contribution in [2.45, 2.75) is 19.3 Å². The van der Waals surface area contributed by atoms with Crippen molar-refractivity contribution in [2.75, 3.05) is 0 Å². The molecule has 43 heavy (non-hydrogen) atoms. The van der Waals surface area contributed by atoms with Gasteiger partial charge in [-0.15, -0.1) is 0 Å². The van der Waals surface area contributed by atoms with Crippen LogP contribution >= 0.6 is 0 Å². The Morgan fingerprint density at radius 1 is 0.651 bits per heavy atom. The fourth-order valence-electron chi connectivity index (χ4n) is 6.50. The molecule has 8 rings (SSSR count). The average molecular weight is 554 g/mol. The third-order valence-electron chi connectivity index (χ3n) is 8.76. The van der Waals surface area contributed by atoms with Gasteiger partial charge in [0, 0.05) is 40.0 Å². The normalized spacial score (nSPS) is 13.2. The van der Waals surface area contributed by atoms with Crippen molar-refractivity contribution in [2.24, 2.45) is 0 Å². The molecule has 0 aliphatic carbocycles. The molecule has 0 saturated heterocycles. The van der Waals surface area contributed by atoms with Crippen molar-refractivity contribution in [3.05, 3.63) is 150 Å². The van der Waals surface area contributed by atoms with Crippen LogP contribution < -0.4 is 4.74 Å². The van der Waals surface area contributed by atoms with E-state index in [1.165, 1.54) is 11.1 Å². The zero-order valence-corrected chi connectivity index (χ0v) is 23.9. The maximum absolute atomic E-state index is 7.66. The van der Waals surface area contributed by atoms with Crippen molar-refractivity contribution < 1.29 is 4.74 Å². The maximum Gasteiger partial charge on any atom is 0.188 e. The summed E-state index contributed by atoms with van der Waals surface area (Å²) in [6.45, 7) is 12.2. The molecule has 0 N–H and O–H groups in total. The van der Waals surface area contributed by atoms with Crippen LogP contribution in [0, 0.1) is 6.57 Å². The Morgan fingerprint density at radius 2 is 1.35 bits per heavy atom. The van der Waals surface area contributed by atoms with Crippen LogP contribution in [0.3, 0.4) is 0 Å². The summed E-state index contributed by atoms with van der Waals surface area (Å²) in [6.07, 6.45) is 3.68. The first-order chi connectivity index (χ1) is 21.0. The maximum atomic E-state index is 7.66. The molecular formula is C39H27N3O. The predicted molar refractivity (Wildman–Crippen MR) is 174 cm³/mol. The van der Waals surface area contributed by atoms with Gasteiger partial charge in [-0.3, -0.25) is 4.98 Å². The molecule has 2 aromatic heterocycles. The largest absolute Gasteiger partial charge is 0.457 e. The van der Waals surface area contributed by atoms with Gasteiger partial charge in [-0.2, -0.15) is 0 Å². The van der Waals surface area contributed by atoms with E-state index < -0.39 is 0 Å². The molecule has 0 spiro atoms. The SMILES string of the molecule is [C-]#[N+]c1ccc2c(c1)c1cc(-c3ccc4c(c3)C(C)(C)c3ccccc3O4)ccc1n2-c1ccc(-c2cccnc2)cc1. The smallest absolute Gasteiger partial charge is 0.188 e. The first-order valence-electron chi connectivity index (χ1n) is 14.4. The third kappa shape index (κ3) is 3.94. The summed E-state index contributed by atoms with van der Waals surface area (Å²) in [7, 11) is 0. The number of hydrogen-bond donors (Lipinski definition) is 0. The quantitative estimate of drug-likeness (QED) is 0.204. The lowest BCUT2D eigenvalue weighted by Gasteiger charge is -2.34. The zero-order chi connectivity index (χ0) is 29.1. The van der Waals surface area contributed by atoms with Crippen molar-refractivity contribution in [1.29, 1.82) is 0 Å². The molecule has 0 amide bonds. The lowest BCUT2D eigenvalue weighted by atomic mass is 9.75. The molecule has 204 valence electrons. The van der Waals surface area contributed by atoms with Crippen LogP contribution in [0.4, 0.5) is 5.69 Å². The summed E-state index contributed by atoms with van der Waals surface area (Å²) in [6, 6.07) is 40.1. The van der Waals surface area contributed by atoms with Gasteiger partial charge in [0.1, 0.15) is 11.5 Å². The van der Waals surface area contributed by atoms with Gasteiger partial charge in [0.15, 0.2) is 5.69 Å². The molecule has 5 aromatic carbocycles. The van der Waals surface area contributed by atoms with Crippen LogP contribution in [0.1, 0.15) is 25.0 Å². The van der Waals surface area contributed by atoms with Gasteiger partial charge in [-0.1, -0.05) is 68.4 Å². The highest BCUT2D eigenvalue weighted by Gasteiger charge is 2.34. The summed E-state index contributed by atoms with van der Waals surface area (Å²) in [4.78, 5) is 8.01. The Hall–Kier alpha value is -5.66. The molecule has 0 radical (unpaired) electrons. The topological polar surface area (TPSA) is 31.4 Å². The van der Waals surface area contributed by atoms with Gasteiger partial charge >= 0.3 is 0 Å². The van der Waals surface area contributed by atoms with Crippen molar-refractivity contribution in [3.8, 4) is 39.4 Å². The summed E-state index contributed by atoms with van der Waals surface area (Å²) in [5.74, 6) is 1.83. The second-order valence-corrected chi connectivity index (χ2v) is 11.6. The lowest BCUT2D eigenvalue weighted by Crippen LogP contribution is -2.24. The standard InChI is InChI=1S/C39H27N3O/c1-39(2)33-8-4-5-9-37(33)43-38-19-13-27(22-34(38)39)26-12-17-35-31(21-26)32-23-29(40-3)14-18-36(32)42(35)30-15-10-25(11-16-30)28-7-6-20-41-24-28/h4-24H,1-2H3. The Morgan fingerprint density at radius 3 is 2.14 bits per heavy atom. The number of nitrogens with zero attached hydrogens (tertiary/aromatic N) is 3. The number of aromatic nitrogens is 2. The minimum absolute atomic E-state index is 0.188. The van der Waals surface area contributed by atoms with Crippen LogP contribution in [-0.2, 0) is 5.41 Å². The van der Waals surface area contributed by atoms with Gasteiger partial charge in [0.05, 0.1) is 17.6 Å². The van der Waals surface area contributed by atoms with E-state index in [2.05, 4.69) is 113 Å². The van der Waals surface area contributed by atoms with Gasteiger partial charge < -0.3 is 9.30 Å². The van der Waals surface area contributed by atoms with E-state index in [4.69, 9.17) is 11.3 Å². The Labute approximate surface area is 250 Å². The van der Waals surface area contributed by atoms with Gasteiger partial charge in [-0.05, 0) is 88.3 Å². The van der Waals surface area contributed by atoms with Crippen LogP contribution in [0.5, 0.6) is 11.5 Å². The third-order valence-corrected chi connectivity index (χ3v) is 8.76. The molecule has 7 aromatic rings. The number of hydrogen-bond acceptors (Lipinski definition) is 2. The zero-order valence-electron chi connectivity index (χ0n) is 23.9. The lowest BCUT2D eigenvalue weighted by molar-refractivity contribution is 0.418. The molecule has 4 nitrogen and oxygen atoms in total. The number of fused-ring (bicyclic) bond motifs is 5. The fraction of sp³-hybridized carbons (Fsp3) is 0.0769.